The highest BCUT2D eigenvalue weighted by atomic mass is 32.2. The summed E-state index contributed by atoms with van der Waals surface area (Å²) < 4.78 is 32.7. The van der Waals surface area contributed by atoms with Crippen molar-refractivity contribution in [1.29, 1.82) is 0 Å². The van der Waals surface area contributed by atoms with Crippen LogP contribution in [0.2, 0.25) is 0 Å². The fraction of sp³-hybridized carbons (Fsp3) is 0.480. The molecule has 1 aliphatic carbocycles. The molecule has 0 heterocycles. The Labute approximate surface area is 192 Å². The summed E-state index contributed by atoms with van der Waals surface area (Å²) in [5.41, 5.74) is 2.23. The van der Waals surface area contributed by atoms with Crippen molar-refractivity contribution >= 4 is 15.9 Å². The first-order valence-electron chi connectivity index (χ1n) is 11.3. The highest BCUT2D eigenvalue weighted by Gasteiger charge is 2.35. The van der Waals surface area contributed by atoms with Crippen molar-refractivity contribution in [3.05, 3.63) is 59.2 Å². The van der Waals surface area contributed by atoms with E-state index in [1.165, 1.54) is 4.31 Å². The number of sulfonamides is 1. The maximum absolute atomic E-state index is 13.7. The molecule has 1 unspecified atom stereocenters. The van der Waals surface area contributed by atoms with Gasteiger partial charge >= 0.3 is 0 Å². The normalized spacial score (nSPS) is 14.9. The first kappa shape index (κ1) is 24.3. The fourth-order valence-corrected chi connectivity index (χ4v) is 5.51. The molecule has 3 rings (SSSR count). The second kappa shape index (κ2) is 10.0. The Balaban J connectivity index is 1.96. The number of carbonyl (C=O) groups excluding carboxylic acids is 1. The van der Waals surface area contributed by atoms with Crippen molar-refractivity contribution in [2.24, 2.45) is 5.92 Å². The second-order valence-corrected chi connectivity index (χ2v) is 10.4. The van der Waals surface area contributed by atoms with E-state index in [-0.39, 0.29) is 16.8 Å². The Bertz CT molecular complexity index is 1040. The van der Waals surface area contributed by atoms with Gasteiger partial charge in [-0.2, -0.15) is 4.31 Å². The third kappa shape index (κ3) is 5.15. The molecule has 1 aliphatic rings. The van der Waals surface area contributed by atoms with E-state index in [9.17, 15) is 13.2 Å². The predicted molar refractivity (Wildman–Crippen MR) is 126 cm³/mol. The van der Waals surface area contributed by atoms with Crippen LogP contribution in [0.5, 0.6) is 5.75 Å². The van der Waals surface area contributed by atoms with Crippen LogP contribution in [-0.4, -0.2) is 49.8 Å². The molecule has 1 saturated carbocycles. The number of methoxy groups -OCH3 is 1. The molecular weight excluding hydrogens is 424 g/mol. The van der Waals surface area contributed by atoms with Gasteiger partial charge in [-0.1, -0.05) is 32.0 Å². The molecule has 0 aromatic heterocycles. The van der Waals surface area contributed by atoms with E-state index in [1.54, 1.807) is 25.3 Å². The van der Waals surface area contributed by atoms with Crippen molar-refractivity contribution in [1.82, 2.24) is 9.21 Å². The average molecular weight is 459 g/mol. The molecule has 0 spiro atoms. The summed E-state index contributed by atoms with van der Waals surface area (Å²) in [5, 5.41) is 0. The second-order valence-electron chi connectivity index (χ2n) is 8.43. The molecule has 0 radical (unpaired) electrons. The molecular formula is C25H34N2O4S. The predicted octanol–water partition coefficient (Wildman–Crippen LogP) is 4.48. The van der Waals surface area contributed by atoms with Crippen LogP contribution in [0.15, 0.2) is 47.4 Å². The van der Waals surface area contributed by atoms with E-state index in [2.05, 4.69) is 6.92 Å². The molecule has 6 nitrogen and oxygen atoms in total. The zero-order valence-electron chi connectivity index (χ0n) is 19.7. The van der Waals surface area contributed by atoms with Gasteiger partial charge in [-0.3, -0.25) is 4.79 Å². The van der Waals surface area contributed by atoms with Gasteiger partial charge < -0.3 is 9.64 Å². The number of carbonyl (C=O) groups is 1. The molecule has 2 aromatic carbocycles. The largest absolute Gasteiger partial charge is 0.497 e. The summed E-state index contributed by atoms with van der Waals surface area (Å²) in [5.74, 6) is 1.13. The van der Waals surface area contributed by atoms with Crippen molar-refractivity contribution in [3.63, 3.8) is 0 Å². The number of hydrogen-bond donors (Lipinski definition) is 0. The van der Waals surface area contributed by atoms with Crippen LogP contribution in [0.3, 0.4) is 0 Å². The van der Waals surface area contributed by atoms with Crippen LogP contribution < -0.4 is 4.74 Å². The number of benzene rings is 2. The van der Waals surface area contributed by atoms with Gasteiger partial charge in [0, 0.05) is 31.2 Å². The summed E-state index contributed by atoms with van der Waals surface area (Å²) in [4.78, 5) is 15.8. The number of aryl methyl sites for hydroxylation is 1. The minimum Gasteiger partial charge on any atom is -0.497 e. The van der Waals surface area contributed by atoms with E-state index in [4.69, 9.17) is 4.74 Å². The molecule has 1 amide bonds. The highest BCUT2D eigenvalue weighted by Crippen LogP contribution is 2.36. The van der Waals surface area contributed by atoms with Crippen molar-refractivity contribution < 1.29 is 17.9 Å². The monoisotopic (exact) mass is 458 g/mol. The Kier molecular flexibility index (Phi) is 7.62. The van der Waals surface area contributed by atoms with Crippen molar-refractivity contribution in [3.8, 4) is 5.75 Å². The lowest BCUT2D eigenvalue weighted by Gasteiger charge is -2.30. The van der Waals surface area contributed by atoms with Gasteiger partial charge in [0.05, 0.1) is 12.0 Å². The maximum Gasteiger partial charge on any atom is 0.254 e. The zero-order valence-corrected chi connectivity index (χ0v) is 20.5. The molecule has 0 N–H and O–H groups in total. The molecule has 0 saturated heterocycles. The van der Waals surface area contributed by atoms with Gasteiger partial charge in [0.2, 0.25) is 10.0 Å². The number of rotatable bonds is 10. The number of hydrogen-bond acceptors (Lipinski definition) is 4. The summed E-state index contributed by atoms with van der Waals surface area (Å²) >= 11 is 0. The SMILES string of the molecule is CCN(CC)S(=O)(=O)c1ccc(C)c(C(=O)N(Cc2ccc(OC)cc2)C(C)C2CC2)c1. The van der Waals surface area contributed by atoms with Gasteiger partial charge in [0.1, 0.15) is 5.75 Å². The maximum atomic E-state index is 13.7. The molecule has 2 aromatic rings. The Morgan fingerprint density at radius 1 is 1.09 bits per heavy atom. The van der Waals surface area contributed by atoms with Crippen LogP contribution >= 0.6 is 0 Å². The molecule has 7 heteroatoms. The van der Waals surface area contributed by atoms with Gasteiger partial charge in [-0.05, 0) is 68.0 Å². The lowest BCUT2D eigenvalue weighted by Crippen LogP contribution is -2.40. The summed E-state index contributed by atoms with van der Waals surface area (Å²) in [6, 6.07) is 12.7. The minimum absolute atomic E-state index is 0.0760. The number of nitrogens with zero attached hydrogens (tertiary/aromatic N) is 2. The average Bonchev–Trinajstić information content (AvgIpc) is 3.63. The topological polar surface area (TPSA) is 66.9 Å². The van der Waals surface area contributed by atoms with E-state index >= 15 is 0 Å². The van der Waals surface area contributed by atoms with Crippen molar-refractivity contribution in [2.75, 3.05) is 20.2 Å². The quantitative estimate of drug-likeness (QED) is 0.527. The van der Waals surface area contributed by atoms with Gasteiger partial charge in [-0.15, -0.1) is 0 Å². The summed E-state index contributed by atoms with van der Waals surface area (Å²) in [6.07, 6.45) is 2.23. The smallest absolute Gasteiger partial charge is 0.254 e. The Morgan fingerprint density at radius 3 is 2.25 bits per heavy atom. The molecule has 0 aliphatic heterocycles. The van der Waals surface area contributed by atoms with Crippen molar-refractivity contribution in [2.45, 2.75) is 58.0 Å². The molecule has 1 fully saturated rings. The molecule has 32 heavy (non-hydrogen) atoms. The Hall–Kier alpha value is -2.38. The zero-order chi connectivity index (χ0) is 23.5. The lowest BCUT2D eigenvalue weighted by molar-refractivity contribution is 0.0653. The van der Waals surface area contributed by atoms with E-state index in [0.29, 0.717) is 31.1 Å². The lowest BCUT2D eigenvalue weighted by atomic mass is 10.0. The summed E-state index contributed by atoms with van der Waals surface area (Å²) in [7, 11) is -2.01. The van der Waals surface area contributed by atoms with Gasteiger partial charge in [0.25, 0.3) is 5.91 Å². The van der Waals surface area contributed by atoms with Crippen LogP contribution in [0.25, 0.3) is 0 Å². The van der Waals surface area contributed by atoms with E-state index in [0.717, 1.165) is 29.7 Å². The third-order valence-corrected chi connectivity index (χ3v) is 8.40. The Morgan fingerprint density at radius 2 is 1.72 bits per heavy atom. The first-order chi connectivity index (χ1) is 15.2. The van der Waals surface area contributed by atoms with Gasteiger partial charge in [-0.25, -0.2) is 8.42 Å². The van der Waals surface area contributed by atoms with Crippen LogP contribution in [0.1, 0.15) is 55.1 Å². The summed E-state index contributed by atoms with van der Waals surface area (Å²) in [6.45, 7) is 8.81. The van der Waals surface area contributed by atoms with E-state index in [1.807, 2.05) is 49.9 Å². The highest BCUT2D eigenvalue weighted by molar-refractivity contribution is 7.89. The number of amides is 1. The van der Waals surface area contributed by atoms with Crippen LogP contribution in [0.4, 0.5) is 0 Å². The van der Waals surface area contributed by atoms with Crippen LogP contribution in [0, 0.1) is 12.8 Å². The standard InChI is InChI=1S/C25H34N2O4S/c1-6-26(7-2)32(29,30)23-15-8-18(3)24(16-23)25(28)27(19(4)21-11-12-21)17-20-9-13-22(31-5)14-10-20/h8-10,13-16,19,21H,6-7,11-12,17H2,1-5H3. The van der Waals surface area contributed by atoms with E-state index < -0.39 is 10.0 Å². The fourth-order valence-electron chi connectivity index (χ4n) is 4.02. The third-order valence-electron chi connectivity index (χ3n) is 6.35. The first-order valence-corrected chi connectivity index (χ1v) is 12.7. The molecule has 0 bridgehead atoms. The minimum atomic E-state index is -3.64. The molecule has 174 valence electrons. The molecule has 1 atom stereocenters. The van der Waals surface area contributed by atoms with Gasteiger partial charge in [0.15, 0.2) is 0 Å². The number of ether oxygens (including phenoxy) is 1. The van der Waals surface area contributed by atoms with Crippen LogP contribution in [-0.2, 0) is 16.6 Å².